The fourth-order valence-electron chi connectivity index (χ4n) is 3.25. The van der Waals surface area contributed by atoms with Gasteiger partial charge in [-0.3, -0.25) is 0 Å². The van der Waals surface area contributed by atoms with E-state index in [-0.39, 0.29) is 0 Å². The molecular weight excluding hydrogens is 266 g/mol. The largest absolute Gasteiger partial charge is 0.335 e. The van der Waals surface area contributed by atoms with Crippen molar-refractivity contribution in [2.45, 2.75) is 51.9 Å². The minimum Gasteiger partial charge on any atom is -0.335 e. The van der Waals surface area contributed by atoms with E-state index < -0.39 is 0 Å². The number of benzene rings is 1. The Bertz CT molecular complexity index is 379. The van der Waals surface area contributed by atoms with Crippen LogP contribution in [0.4, 0.5) is 0 Å². The lowest BCUT2D eigenvalue weighted by molar-refractivity contribution is -0.887. The summed E-state index contributed by atoms with van der Waals surface area (Å²) >= 11 is 6.02. The van der Waals surface area contributed by atoms with Crippen molar-refractivity contribution in [3.05, 3.63) is 34.9 Å². The highest BCUT2D eigenvalue weighted by atomic mass is 35.5. The molecule has 1 atom stereocenters. The Labute approximate surface area is 129 Å². The van der Waals surface area contributed by atoms with Crippen LogP contribution in [0.5, 0.6) is 0 Å². The van der Waals surface area contributed by atoms with E-state index in [1.165, 1.54) is 57.3 Å². The van der Waals surface area contributed by atoms with E-state index in [1.807, 2.05) is 17.0 Å². The summed E-state index contributed by atoms with van der Waals surface area (Å²) < 4.78 is 0. The van der Waals surface area contributed by atoms with Gasteiger partial charge >= 0.3 is 0 Å². The molecule has 1 heterocycles. The highest BCUT2D eigenvalue weighted by Gasteiger charge is 2.19. The number of hydrogen-bond acceptors (Lipinski definition) is 0. The van der Waals surface area contributed by atoms with Gasteiger partial charge in [0.25, 0.3) is 0 Å². The third kappa shape index (κ3) is 5.10. The van der Waals surface area contributed by atoms with Crippen molar-refractivity contribution in [1.29, 1.82) is 0 Å². The predicted molar refractivity (Wildman–Crippen MR) is 87.7 cm³/mol. The first-order valence-electron chi connectivity index (χ1n) is 8.24. The second-order valence-electron chi connectivity index (χ2n) is 6.72. The van der Waals surface area contributed by atoms with Gasteiger partial charge in [-0.05, 0) is 36.0 Å². The Balaban J connectivity index is 1.93. The van der Waals surface area contributed by atoms with E-state index in [0.717, 1.165) is 10.9 Å². The van der Waals surface area contributed by atoms with Crippen molar-refractivity contribution >= 4 is 11.6 Å². The van der Waals surface area contributed by atoms with E-state index in [1.54, 1.807) is 0 Å². The monoisotopic (exact) mass is 294 g/mol. The lowest BCUT2D eigenvalue weighted by Gasteiger charge is -2.21. The molecule has 0 bridgehead atoms. The van der Waals surface area contributed by atoms with Crippen LogP contribution in [0.1, 0.15) is 57.4 Å². The maximum Gasteiger partial charge on any atom is 0.0776 e. The number of halogens is 1. The molecule has 0 aromatic heterocycles. The molecule has 0 spiro atoms. The third-order valence-corrected chi connectivity index (χ3v) is 4.84. The minimum absolute atomic E-state index is 0.711. The molecule has 0 saturated carbocycles. The number of quaternary nitrogens is 1. The zero-order chi connectivity index (χ0) is 14.4. The Morgan fingerprint density at radius 1 is 1.00 bits per heavy atom. The average Bonchev–Trinajstić information content (AvgIpc) is 2.93. The van der Waals surface area contributed by atoms with Gasteiger partial charge in [0.1, 0.15) is 0 Å². The summed E-state index contributed by atoms with van der Waals surface area (Å²) in [4.78, 5) is 1.81. The summed E-state index contributed by atoms with van der Waals surface area (Å²) in [5, 5.41) is 0.849. The molecule has 2 heteroatoms. The summed E-state index contributed by atoms with van der Waals surface area (Å²) in [7, 11) is 0. The quantitative estimate of drug-likeness (QED) is 0.777. The maximum absolute atomic E-state index is 6.02. The summed E-state index contributed by atoms with van der Waals surface area (Å²) in [5.74, 6) is 1.51. The van der Waals surface area contributed by atoms with Crippen molar-refractivity contribution in [3.8, 4) is 0 Å². The molecule has 1 aliphatic heterocycles. The van der Waals surface area contributed by atoms with Crippen molar-refractivity contribution in [2.75, 3.05) is 19.6 Å². The van der Waals surface area contributed by atoms with E-state index >= 15 is 0 Å². The Kier molecular flexibility index (Phi) is 6.38. The van der Waals surface area contributed by atoms with Crippen LogP contribution in [0.3, 0.4) is 0 Å². The standard InChI is InChI=1S/C18H28ClN/c1-15(2)5-6-17(11-14-20-12-3-4-13-20)16-7-9-18(19)10-8-16/h7-10,15,17H,3-6,11-14H2,1-2H3/p+1/t17-/m1/s1. The van der Waals surface area contributed by atoms with Gasteiger partial charge < -0.3 is 4.90 Å². The zero-order valence-corrected chi connectivity index (χ0v) is 13.8. The highest BCUT2D eigenvalue weighted by Crippen LogP contribution is 2.27. The predicted octanol–water partition coefficient (Wildman–Crippen LogP) is 3.93. The number of nitrogens with one attached hydrogen (secondary N) is 1. The SMILES string of the molecule is CC(C)CC[C@H](CC[NH+]1CCCC1)c1ccc(Cl)cc1. The number of rotatable bonds is 7. The van der Waals surface area contributed by atoms with Gasteiger partial charge in [0.2, 0.25) is 0 Å². The van der Waals surface area contributed by atoms with E-state index in [9.17, 15) is 0 Å². The highest BCUT2D eigenvalue weighted by molar-refractivity contribution is 6.30. The Morgan fingerprint density at radius 3 is 2.25 bits per heavy atom. The lowest BCUT2D eigenvalue weighted by atomic mass is 9.88. The van der Waals surface area contributed by atoms with Crippen LogP contribution >= 0.6 is 11.6 Å². The van der Waals surface area contributed by atoms with E-state index in [2.05, 4.69) is 26.0 Å². The smallest absolute Gasteiger partial charge is 0.0776 e. The van der Waals surface area contributed by atoms with Crippen LogP contribution in [-0.4, -0.2) is 19.6 Å². The normalized spacial score (nSPS) is 17.8. The van der Waals surface area contributed by atoms with Gasteiger partial charge in [-0.1, -0.05) is 44.0 Å². The molecule has 1 saturated heterocycles. The molecule has 20 heavy (non-hydrogen) atoms. The summed E-state index contributed by atoms with van der Waals surface area (Å²) in [6.07, 6.45) is 6.80. The van der Waals surface area contributed by atoms with Gasteiger partial charge in [-0.2, -0.15) is 0 Å². The van der Waals surface area contributed by atoms with Crippen LogP contribution < -0.4 is 4.90 Å². The molecule has 0 radical (unpaired) electrons. The second kappa shape index (κ2) is 8.05. The van der Waals surface area contributed by atoms with Crippen LogP contribution in [0.2, 0.25) is 5.02 Å². The first-order valence-corrected chi connectivity index (χ1v) is 8.62. The summed E-state index contributed by atoms with van der Waals surface area (Å²) in [5.41, 5.74) is 1.48. The fourth-order valence-corrected chi connectivity index (χ4v) is 3.38. The van der Waals surface area contributed by atoms with Gasteiger partial charge in [-0.25, -0.2) is 0 Å². The lowest BCUT2D eigenvalue weighted by Crippen LogP contribution is -3.10. The molecule has 1 fully saturated rings. The zero-order valence-electron chi connectivity index (χ0n) is 13.0. The summed E-state index contributed by atoms with van der Waals surface area (Å²) in [6, 6.07) is 8.54. The van der Waals surface area contributed by atoms with Gasteiger partial charge in [-0.15, -0.1) is 0 Å². The number of likely N-dealkylation sites (tertiary alicyclic amines) is 1. The first-order chi connectivity index (χ1) is 9.65. The van der Waals surface area contributed by atoms with Gasteiger partial charge in [0.05, 0.1) is 19.6 Å². The van der Waals surface area contributed by atoms with Crippen molar-refractivity contribution < 1.29 is 4.90 Å². The molecule has 112 valence electrons. The van der Waals surface area contributed by atoms with Crippen LogP contribution in [-0.2, 0) is 0 Å². The molecule has 1 nitrogen and oxygen atoms in total. The first kappa shape index (κ1) is 15.9. The molecular formula is C18H29ClN+. The maximum atomic E-state index is 6.02. The number of hydrogen-bond donors (Lipinski definition) is 1. The van der Waals surface area contributed by atoms with Gasteiger partial charge in [0, 0.05) is 24.3 Å². The van der Waals surface area contributed by atoms with Gasteiger partial charge in [0.15, 0.2) is 0 Å². The molecule has 0 unspecified atom stereocenters. The second-order valence-corrected chi connectivity index (χ2v) is 7.15. The van der Waals surface area contributed by atoms with Crippen LogP contribution in [0, 0.1) is 5.92 Å². The Morgan fingerprint density at radius 2 is 1.65 bits per heavy atom. The average molecular weight is 295 g/mol. The topological polar surface area (TPSA) is 4.44 Å². The van der Waals surface area contributed by atoms with Crippen LogP contribution in [0.15, 0.2) is 24.3 Å². The molecule has 0 aliphatic carbocycles. The van der Waals surface area contributed by atoms with Crippen molar-refractivity contribution in [1.82, 2.24) is 0 Å². The third-order valence-electron chi connectivity index (χ3n) is 4.59. The molecule has 1 N–H and O–H groups in total. The van der Waals surface area contributed by atoms with E-state index in [4.69, 9.17) is 11.6 Å². The molecule has 1 aliphatic rings. The molecule has 0 amide bonds. The Hall–Kier alpha value is -0.530. The van der Waals surface area contributed by atoms with E-state index in [0.29, 0.717) is 5.92 Å². The van der Waals surface area contributed by atoms with Crippen molar-refractivity contribution in [3.63, 3.8) is 0 Å². The molecule has 1 aromatic rings. The minimum atomic E-state index is 0.711. The van der Waals surface area contributed by atoms with Crippen molar-refractivity contribution in [2.24, 2.45) is 5.92 Å². The van der Waals surface area contributed by atoms with Crippen LogP contribution in [0.25, 0.3) is 0 Å². The molecule has 1 aromatic carbocycles. The summed E-state index contributed by atoms with van der Waals surface area (Å²) in [6.45, 7) is 8.76. The fraction of sp³-hybridized carbons (Fsp3) is 0.667. The molecule has 2 rings (SSSR count).